The minimum absolute atomic E-state index is 0.0978. The van der Waals surface area contributed by atoms with Crippen LogP contribution < -0.4 is 10.6 Å². The summed E-state index contributed by atoms with van der Waals surface area (Å²) in [6.45, 7) is 5.57. The number of hydrogen-bond acceptors (Lipinski definition) is 2. The van der Waals surface area contributed by atoms with Gasteiger partial charge in [-0.3, -0.25) is 0 Å². The maximum atomic E-state index is 11.8. The van der Waals surface area contributed by atoms with E-state index in [1.54, 1.807) is 13.0 Å². The van der Waals surface area contributed by atoms with Gasteiger partial charge in [0.2, 0.25) is 0 Å². The first-order valence-electron chi connectivity index (χ1n) is 6.24. The molecule has 0 spiro atoms. The molecule has 0 heterocycles. The SMILES string of the molecule is Cc1cc(NC(=O)NC2(C)CC2)cc(C(=O)O)c1C. The number of carboxylic acid groups (broad SMARTS) is 1. The quantitative estimate of drug-likeness (QED) is 0.783. The molecule has 2 rings (SSSR count). The van der Waals surface area contributed by atoms with E-state index in [0.717, 1.165) is 18.4 Å². The van der Waals surface area contributed by atoms with Crippen molar-refractivity contribution >= 4 is 17.7 Å². The second-order valence-corrected chi connectivity index (χ2v) is 5.41. The zero-order valence-electron chi connectivity index (χ0n) is 11.3. The smallest absolute Gasteiger partial charge is 0.336 e. The normalized spacial score (nSPS) is 15.7. The number of carboxylic acids is 1. The van der Waals surface area contributed by atoms with E-state index in [-0.39, 0.29) is 17.1 Å². The van der Waals surface area contributed by atoms with Crippen LogP contribution in [0.4, 0.5) is 10.5 Å². The van der Waals surface area contributed by atoms with Gasteiger partial charge in [0.05, 0.1) is 5.56 Å². The minimum Gasteiger partial charge on any atom is -0.478 e. The number of hydrogen-bond donors (Lipinski definition) is 3. The number of benzene rings is 1. The fraction of sp³-hybridized carbons (Fsp3) is 0.429. The highest BCUT2D eigenvalue weighted by molar-refractivity contribution is 5.94. The van der Waals surface area contributed by atoms with Gasteiger partial charge in [0.25, 0.3) is 0 Å². The van der Waals surface area contributed by atoms with Crippen LogP contribution in [0.15, 0.2) is 12.1 Å². The predicted molar refractivity (Wildman–Crippen MR) is 72.7 cm³/mol. The van der Waals surface area contributed by atoms with Crippen LogP contribution in [0.25, 0.3) is 0 Å². The van der Waals surface area contributed by atoms with E-state index in [0.29, 0.717) is 11.3 Å². The van der Waals surface area contributed by atoms with Gasteiger partial charge in [-0.1, -0.05) is 0 Å². The van der Waals surface area contributed by atoms with Gasteiger partial charge in [-0.2, -0.15) is 0 Å². The molecule has 1 aromatic rings. The number of carbonyl (C=O) groups excluding carboxylic acids is 1. The summed E-state index contributed by atoms with van der Waals surface area (Å²) >= 11 is 0. The third-order valence-electron chi connectivity index (χ3n) is 3.57. The lowest BCUT2D eigenvalue weighted by molar-refractivity contribution is 0.0696. The van der Waals surface area contributed by atoms with Crippen LogP contribution in [-0.2, 0) is 0 Å². The summed E-state index contributed by atoms with van der Waals surface area (Å²) in [7, 11) is 0. The van der Waals surface area contributed by atoms with E-state index in [4.69, 9.17) is 5.11 Å². The molecule has 3 N–H and O–H groups in total. The number of amides is 2. The molecule has 1 fully saturated rings. The molecule has 0 aromatic heterocycles. The monoisotopic (exact) mass is 262 g/mol. The van der Waals surface area contributed by atoms with E-state index in [1.165, 1.54) is 6.07 Å². The van der Waals surface area contributed by atoms with Crippen molar-refractivity contribution in [3.8, 4) is 0 Å². The largest absolute Gasteiger partial charge is 0.478 e. The minimum atomic E-state index is -0.987. The molecular formula is C14H18N2O3. The molecule has 0 unspecified atom stereocenters. The number of nitrogens with one attached hydrogen (secondary N) is 2. The number of carbonyl (C=O) groups is 2. The van der Waals surface area contributed by atoms with Gasteiger partial charge in [-0.05, 0) is 56.9 Å². The van der Waals surface area contributed by atoms with Crippen molar-refractivity contribution < 1.29 is 14.7 Å². The maximum absolute atomic E-state index is 11.8. The van der Waals surface area contributed by atoms with Gasteiger partial charge >= 0.3 is 12.0 Å². The molecule has 102 valence electrons. The zero-order chi connectivity index (χ0) is 14.2. The van der Waals surface area contributed by atoms with Crippen LogP contribution in [-0.4, -0.2) is 22.6 Å². The van der Waals surface area contributed by atoms with Gasteiger partial charge in [-0.25, -0.2) is 9.59 Å². The second kappa shape index (κ2) is 4.57. The molecule has 0 saturated heterocycles. The van der Waals surface area contributed by atoms with Gasteiger partial charge in [0.1, 0.15) is 0 Å². The van der Waals surface area contributed by atoms with E-state index in [1.807, 2.05) is 13.8 Å². The highest BCUT2D eigenvalue weighted by Gasteiger charge is 2.38. The van der Waals surface area contributed by atoms with Crippen molar-refractivity contribution in [2.75, 3.05) is 5.32 Å². The lowest BCUT2D eigenvalue weighted by atomic mass is 10.0. The molecule has 0 radical (unpaired) electrons. The Morgan fingerprint density at radius 1 is 1.26 bits per heavy atom. The van der Waals surface area contributed by atoms with E-state index >= 15 is 0 Å². The molecule has 0 bridgehead atoms. The predicted octanol–water partition coefficient (Wildman–Crippen LogP) is 2.68. The molecule has 5 nitrogen and oxygen atoms in total. The molecule has 1 aliphatic rings. The average Bonchev–Trinajstić information content (AvgIpc) is 3.00. The van der Waals surface area contributed by atoms with Crippen molar-refractivity contribution in [3.05, 3.63) is 28.8 Å². The molecule has 0 aliphatic heterocycles. The molecule has 1 saturated carbocycles. The first-order valence-corrected chi connectivity index (χ1v) is 6.24. The van der Waals surface area contributed by atoms with Crippen molar-refractivity contribution in [1.29, 1.82) is 0 Å². The third-order valence-corrected chi connectivity index (χ3v) is 3.57. The van der Waals surface area contributed by atoms with Gasteiger partial charge in [0, 0.05) is 11.2 Å². The molecule has 1 aromatic carbocycles. The maximum Gasteiger partial charge on any atom is 0.336 e. The second-order valence-electron chi connectivity index (χ2n) is 5.41. The molecular weight excluding hydrogens is 244 g/mol. The van der Waals surface area contributed by atoms with E-state index < -0.39 is 5.97 Å². The number of urea groups is 1. The number of rotatable bonds is 3. The molecule has 19 heavy (non-hydrogen) atoms. The molecule has 0 atom stereocenters. The average molecular weight is 262 g/mol. The Labute approximate surface area is 112 Å². The summed E-state index contributed by atoms with van der Waals surface area (Å²) in [6, 6.07) is 2.97. The number of anilines is 1. The van der Waals surface area contributed by atoms with Gasteiger partial charge < -0.3 is 15.7 Å². The zero-order valence-corrected chi connectivity index (χ0v) is 11.3. The van der Waals surface area contributed by atoms with Crippen molar-refractivity contribution in [1.82, 2.24) is 5.32 Å². The summed E-state index contributed by atoms with van der Waals surface area (Å²) in [4.78, 5) is 22.9. The van der Waals surface area contributed by atoms with Crippen molar-refractivity contribution in [2.45, 2.75) is 39.2 Å². The van der Waals surface area contributed by atoms with Crippen molar-refractivity contribution in [2.24, 2.45) is 0 Å². The first kappa shape index (κ1) is 13.4. The Balaban J connectivity index is 2.16. The number of aryl methyl sites for hydroxylation is 1. The number of aromatic carboxylic acids is 1. The molecule has 5 heteroatoms. The summed E-state index contributed by atoms with van der Waals surface area (Å²) in [5.74, 6) is -0.987. The Hall–Kier alpha value is -2.04. The lowest BCUT2D eigenvalue weighted by Gasteiger charge is -2.14. The van der Waals surface area contributed by atoms with Gasteiger partial charge in [-0.15, -0.1) is 0 Å². The van der Waals surface area contributed by atoms with E-state index in [2.05, 4.69) is 10.6 Å². The topological polar surface area (TPSA) is 78.4 Å². The standard InChI is InChI=1S/C14H18N2O3/c1-8-6-10(7-11(9(8)2)12(17)18)15-13(19)16-14(3)4-5-14/h6-7H,4-5H2,1-3H3,(H,17,18)(H2,15,16,19). The fourth-order valence-electron chi connectivity index (χ4n) is 1.90. The summed E-state index contributed by atoms with van der Waals surface area (Å²) in [6.07, 6.45) is 1.96. The third kappa shape index (κ3) is 3.05. The van der Waals surface area contributed by atoms with Crippen LogP contribution in [0.5, 0.6) is 0 Å². The van der Waals surface area contributed by atoms with Crippen LogP contribution in [0.2, 0.25) is 0 Å². The van der Waals surface area contributed by atoms with Crippen LogP contribution >= 0.6 is 0 Å². The highest BCUT2D eigenvalue weighted by atomic mass is 16.4. The van der Waals surface area contributed by atoms with Crippen LogP contribution in [0.3, 0.4) is 0 Å². The summed E-state index contributed by atoms with van der Waals surface area (Å²) in [5.41, 5.74) is 2.18. The fourth-order valence-corrected chi connectivity index (χ4v) is 1.90. The first-order chi connectivity index (χ1) is 8.81. The Morgan fingerprint density at radius 2 is 1.89 bits per heavy atom. The molecule has 1 aliphatic carbocycles. The highest BCUT2D eigenvalue weighted by Crippen LogP contribution is 2.34. The molecule has 2 amide bonds. The van der Waals surface area contributed by atoms with Crippen molar-refractivity contribution in [3.63, 3.8) is 0 Å². The van der Waals surface area contributed by atoms with E-state index in [9.17, 15) is 9.59 Å². The summed E-state index contributed by atoms with van der Waals surface area (Å²) < 4.78 is 0. The van der Waals surface area contributed by atoms with Gasteiger partial charge in [0.15, 0.2) is 0 Å². The van der Waals surface area contributed by atoms with Crippen LogP contribution in [0, 0.1) is 13.8 Å². The lowest BCUT2D eigenvalue weighted by Crippen LogP contribution is -2.37. The Morgan fingerprint density at radius 3 is 2.42 bits per heavy atom. The van der Waals surface area contributed by atoms with Crippen LogP contribution in [0.1, 0.15) is 41.3 Å². The Bertz CT molecular complexity index is 548. The summed E-state index contributed by atoms with van der Waals surface area (Å²) in [5, 5.41) is 14.7. The Kier molecular flexibility index (Phi) is 3.22.